The second kappa shape index (κ2) is 21.7. The minimum Gasteiger partial charge on any atom is -0.484 e. The fourth-order valence-corrected chi connectivity index (χ4v) is 9.48. The number of carbonyl (C=O) groups is 1. The summed E-state index contributed by atoms with van der Waals surface area (Å²) in [5.41, 5.74) is 26.5. The number of nitrogens with one attached hydrogen (secondary N) is 2. The van der Waals surface area contributed by atoms with Crippen molar-refractivity contribution in [3.8, 4) is 17.0 Å². The van der Waals surface area contributed by atoms with E-state index in [9.17, 15) is 35.4 Å². The van der Waals surface area contributed by atoms with Crippen LogP contribution >= 0.6 is 34.5 Å². The zero-order valence-electron chi connectivity index (χ0n) is 35.8. The molecule has 8 rings (SSSR count). The second-order valence-corrected chi connectivity index (χ2v) is 18.4. The second-order valence-electron chi connectivity index (χ2n) is 16.5. The van der Waals surface area contributed by atoms with E-state index in [2.05, 4.69) is 41.1 Å². The fraction of sp³-hybridized carbons (Fsp3) is 0.525. The number of amides is 1. The Kier molecular flexibility index (Phi) is 15.9. The third kappa shape index (κ3) is 11.1. The number of benzene rings is 2. The molecule has 25 nitrogen and oxygen atoms in total. The van der Waals surface area contributed by atoms with Gasteiger partial charge in [0.1, 0.15) is 71.4 Å². The lowest BCUT2D eigenvalue weighted by atomic mass is 9.84. The third-order valence-corrected chi connectivity index (χ3v) is 13.3. The highest BCUT2D eigenvalue weighted by Gasteiger charge is 2.51. The van der Waals surface area contributed by atoms with E-state index in [1.54, 1.807) is 30.3 Å². The van der Waals surface area contributed by atoms with Crippen molar-refractivity contribution in [2.24, 2.45) is 22.9 Å². The van der Waals surface area contributed by atoms with Crippen molar-refractivity contribution in [1.29, 1.82) is 0 Å². The molecule has 368 valence electrons. The summed E-state index contributed by atoms with van der Waals surface area (Å²) < 4.78 is 31.3. The van der Waals surface area contributed by atoms with Gasteiger partial charge < -0.3 is 87.9 Å². The highest BCUT2D eigenvalue weighted by Crippen LogP contribution is 2.34. The van der Waals surface area contributed by atoms with Crippen LogP contribution in [0.2, 0.25) is 10.0 Å². The lowest BCUT2D eigenvalue weighted by Crippen LogP contribution is -2.68. The van der Waals surface area contributed by atoms with Crippen LogP contribution in [0.1, 0.15) is 17.1 Å². The monoisotopic (exact) mass is 1010 g/mol. The lowest BCUT2D eigenvalue weighted by molar-refractivity contribution is -0.331. The number of rotatable bonds is 16. The van der Waals surface area contributed by atoms with Crippen LogP contribution in [0.3, 0.4) is 0 Å². The molecule has 0 unspecified atom stereocenters. The lowest BCUT2D eigenvalue weighted by Gasteiger charge is -2.48. The molecule has 28 heteroatoms. The summed E-state index contributed by atoms with van der Waals surface area (Å²) in [7, 11) is 0. The Morgan fingerprint density at radius 3 is 2.28 bits per heavy atom. The molecule has 5 aromatic rings. The predicted octanol–water partition coefficient (Wildman–Crippen LogP) is -2.92. The molecular weight excluding hydrogens is 957 g/mol. The average Bonchev–Trinajstić information content (AvgIpc) is 3.96. The van der Waals surface area contributed by atoms with E-state index >= 15 is 0 Å². The van der Waals surface area contributed by atoms with Crippen LogP contribution in [-0.2, 0) is 43.4 Å². The van der Waals surface area contributed by atoms with Gasteiger partial charge in [-0.1, -0.05) is 34.5 Å². The first-order chi connectivity index (χ1) is 32.6. The number of nitrogens with zero attached hydrogens (tertiary/aromatic N) is 7. The number of hydrogen-bond donors (Lipinski definition) is 12. The van der Waals surface area contributed by atoms with Gasteiger partial charge in [0, 0.05) is 30.3 Å². The number of aliphatic hydroxyl groups excluding tert-OH is 6. The van der Waals surface area contributed by atoms with Gasteiger partial charge in [-0.2, -0.15) is 5.10 Å². The molecule has 3 aliphatic rings. The van der Waals surface area contributed by atoms with Gasteiger partial charge in [0.2, 0.25) is 5.95 Å². The van der Waals surface area contributed by atoms with Gasteiger partial charge in [0.15, 0.2) is 19.2 Å². The summed E-state index contributed by atoms with van der Waals surface area (Å²) in [5.74, 6) is 0.238. The maximum Gasteiger partial charge on any atom is 0.258 e. The molecule has 1 saturated carbocycles. The van der Waals surface area contributed by atoms with Crippen molar-refractivity contribution in [1.82, 2.24) is 40.5 Å². The fourth-order valence-electron chi connectivity index (χ4n) is 8.00. The van der Waals surface area contributed by atoms with E-state index in [1.165, 1.54) is 28.4 Å². The predicted molar refractivity (Wildman–Crippen MR) is 240 cm³/mol. The Bertz CT molecular complexity index is 2500. The molecule has 16 N–H and O–H groups in total. The summed E-state index contributed by atoms with van der Waals surface area (Å²) in [4.78, 5) is 21.9. The van der Waals surface area contributed by atoms with Crippen molar-refractivity contribution in [3.05, 3.63) is 69.5 Å². The molecule has 2 saturated heterocycles. The van der Waals surface area contributed by atoms with Gasteiger partial charge in [-0.25, -0.2) is 14.6 Å². The van der Waals surface area contributed by atoms with Gasteiger partial charge in [-0.15, -0.1) is 21.5 Å². The largest absolute Gasteiger partial charge is 0.484 e. The molecular formula is C40H51Cl2N13O12S. The number of nitrogens with two attached hydrogens (primary N) is 4. The van der Waals surface area contributed by atoms with E-state index in [0.717, 1.165) is 9.71 Å². The zero-order valence-corrected chi connectivity index (χ0v) is 38.1. The molecule has 0 spiro atoms. The van der Waals surface area contributed by atoms with Crippen LogP contribution in [0.5, 0.6) is 5.75 Å². The van der Waals surface area contributed by atoms with Crippen LogP contribution < -0.4 is 38.3 Å². The van der Waals surface area contributed by atoms with Crippen molar-refractivity contribution in [2.45, 2.75) is 118 Å². The van der Waals surface area contributed by atoms with Gasteiger partial charge in [0.05, 0.1) is 70.1 Å². The first-order valence-electron chi connectivity index (χ1n) is 21.3. The molecule has 5 heterocycles. The molecule has 3 fully saturated rings. The Hall–Kier alpha value is -4.43. The molecule has 68 heavy (non-hydrogen) atoms. The highest BCUT2D eigenvalue weighted by atomic mass is 35.5. The summed E-state index contributed by atoms with van der Waals surface area (Å²) in [6.07, 6.45) is -14.2. The standard InChI is InChI=1S/C40H51Cl2N13O12S/c41-17-2-1-3-18(42)28(17)22-10-49-53-40(51-22)48-11-27-50-21-6-16(4-5-25(21)68-27)63-14-26(56)47-9-15-12-55(54-52-15)13-24-30(57)29(46)32(59)38(65-24)66-36-19(44)7-20(45)37(35(36)62)67-39-34(61)33(60)31(58)23(8-43)64-39/h1-6,10,12,19-20,23-24,29-39,57-62H,7-9,11,13-14,43-46H2,(H,47,56)(H,48,51,53)/t19-,20+,23-,24-,29+,30-,31-,32-,33+,34-,35-,36+,37-,38-,39-/m1/s1. The Morgan fingerprint density at radius 1 is 0.853 bits per heavy atom. The van der Waals surface area contributed by atoms with E-state index in [-0.39, 0.29) is 38.6 Å². The minimum absolute atomic E-state index is 0.0204. The van der Waals surface area contributed by atoms with E-state index in [0.29, 0.717) is 44.8 Å². The number of thiazole rings is 1. The number of halogens is 2. The van der Waals surface area contributed by atoms with Gasteiger partial charge in [0.25, 0.3) is 5.91 Å². The van der Waals surface area contributed by atoms with Gasteiger partial charge >= 0.3 is 0 Å². The van der Waals surface area contributed by atoms with E-state index in [1.807, 2.05) is 6.07 Å². The molecule has 1 amide bonds. The molecule has 3 aromatic heterocycles. The third-order valence-electron chi connectivity index (χ3n) is 11.7. The summed E-state index contributed by atoms with van der Waals surface area (Å²) >= 11 is 14.1. The summed E-state index contributed by atoms with van der Waals surface area (Å²) in [6.45, 7) is -0.355. The molecule has 0 bridgehead atoms. The summed E-state index contributed by atoms with van der Waals surface area (Å²) in [6, 6.07) is 7.35. The SMILES string of the molecule is NC[C@H]1O[C@H](O[C@H]2[C@H](O)[C@@H](O[C@H]3O[C@H](Cn4cc(CNC(=O)COc5ccc6sc(CNc7nncc(-c8c(Cl)cccc8Cl)n7)nc6c5)nn4)[C@@H](O)[C@H](N)[C@H]3O)[C@H](N)C[C@@H]2N)[C@H](O)[C@@H](O)[C@@H]1O. The minimum atomic E-state index is -1.72. The highest BCUT2D eigenvalue weighted by molar-refractivity contribution is 7.18. The first-order valence-corrected chi connectivity index (χ1v) is 22.9. The van der Waals surface area contributed by atoms with E-state index in [4.69, 9.17) is 69.8 Å². The summed E-state index contributed by atoms with van der Waals surface area (Å²) in [5, 5.41) is 88.0. The van der Waals surface area contributed by atoms with Crippen LogP contribution in [0.15, 0.2) is 48.8 Å². The smallest absolute Gasteiger partial charge is 0.258 e. The van der Waals surface area contributed by atoms with Crippen molar-refractivity contribution < 1.29 is 59.1 Å². The van der Waals surface area contributed by atoms with E-state index < -0.39 is 97.7 Å². The molecule has 15 atom stereocenters. The number of ether oxygens (including phenoxy) is 5. The zero-order chi connectivity index (χ0) is 48.4. The maximum atomic E-state index is 12.8. The molecule has 2 aromatic carbocycles. The Labute approximate surface area is 400 Å². The first kappa shape index (κ1) is 50.0. The van der Waals surface area contributed by atoms with Crippen molar-refractivity contribution >= 4 is 56.6 Å². The number of anilines is 1. The van der Waals surface area contributed by atoms with Gasteiger partial charge in [-0.3, -0.25) is 4.79 Å². The van der Waals surface area contributed by atoms with Crippen molar-refractivity contribution in [2.75, 3.05) is 18.5 Å². The quantitative estimate of drug-likeness (QED) is 0.0471. The number of fused-ring (bicyclic) bond motifs is 1. The number of carbonyl (C=O) groups excluding carboxylic acids is 1. The van der Waals surface area contributed by atoms with Crippen LogP contribution in [0, 0.1) is 0 Å². The normalized spacial score (nSPS) is 32.0. The van der Waals surface area contributed by atoms with Gasteiger partial charge in [-0.05, 0) is 30.7 Å². The molecule has 0 radical (unpaired) electrons. The maximum absolute atomic E-state index is 12.8. The van der Waals surface area contributed by atoms with Crippen LogP contribution in [0.4, 0.5) is 5.95 Å². The van der Waals surface area contributed by atoms with Crippen LogP contribution in [0.25, 0.3) is 21.5 Å². The number of aliphatic hydroxyl groups is 6. The average molecular weight is 1010 g/mol. The molecule has 2 aliphatic heterocycles. The molecule has 1 aliphatic carbocycles. The number of hydrogen-bond acceptors (Lipinski definition) is 24. The Balaban J connectivity index is 0.809. The van der Waals surface area contributed by atoms with Crippen LogP contribution in [-0.4, -0.2) is 177 Å². The Morgan fingerprint density at radius 2 is 1.56 bits per heavy atom. The van der Waals surface area contributed by atoms with Crippen molar-refractivity contribution in [3.63, 3.8) is 0 Å². The topological polar surface area (TPSA) is 395 Å². The number of aromatic nitrogens is 7.